The normalized spacial score (nSPS) is 25.9. The van der Waals surface area contributed by atoms with Gasteiger partial charge in [-0.05, 0) is 94.4 Å². The topological polar surface area (TPSA) is 407 Å². The number of likely N-dealkylation sites (N-methyl/N-ethyl adjacent to an activating group) is 1. The molecule has 5 aliphatic heterocycles. The Labute approximate surface area is 560 Å². The second-order valence-electron chi connectivity index (χ2n) is 25.4. The number of nitro groups is 1. The van der Waals surface area contributed by atoms with E-state index < -0.39 is 94.2 Å². The third-order valence-electron chi connectivity index (χ3n) is 20.3. The molecule has 13 rings (SSSR count). The Morgan fingerprint density at radius 3 is 1.86 bits per heavy atom. The van der Waals surface area contributed by atoms with E-state index >= 15 is 4.79 Å². The number of anilines is 1. The number of aliphatic hydroxyl groups is 5. The van der Waals surface area contributed by atoms with Crippen LogP contribution in [0.15, 0.2) is 127 Å². The van der Waals surface area contributed by atoms with Crippen LogP contribution in [-0.2, 0) is 65.1 Å². The number of aromatic nitrogens is 1. The monoisotopic (exact) mass is 1350 g/mol. The summed E-state index contributed by atoms with van der Waals surface area (Å²) in [4.78, 5) is 103. The molecule has 13 atom stereocenters. The molecule has 1 spiro atoms. The molecule has 7 aromatic rings. The maximum absolute atomic E-state index is 15.2. The molecule has 0 radical (unpaired) electrons. The average Bonchev–Trinajstić information content (AvgIpc) is 1.46. The summed E-state index contributed by atoms with van der Waals surface area (Å²) >= 11 is 0. The predicted molar refractivity (Wildman–Crippen MR) is 354 cm³/mol. The Morgan fingerprint density at radius 2 is 1.29 bits per heavy atom. The maximum Gasteiger partial charge on any atom is 0.344 e. The number of para-hydroxylation sites is 1. The molecule has 6 aromatic carbocycles. The number of hydrogen-bond donors (Lipinski definition) is 10. The Hall–Kier alpha value is -9.87. The number of fused-ring (bicyclic) bond motifs is 11. The van der Waals surface area contributed by atoms with Crippen LogP contribution >= 0.6 is 0 Å². The number of carboxylic acid groups (broad SMARTS) is 4. The molecular weight excluding hydrogens is 1270 g/mol. The van der Waals surface area contributed by atoms with E-state index in [0.717, 1.165) is 79.9 Å². The lowest BCUT2D eigenvalue weighted by Crippen LogP contribution is -2.81. The molecule has 4 unspecified atom stereocenters. The lowest BCUT2D eigenvalue weighted by Gasteiger charge is -2.63. The lowest BCUT2D eigenvalue weighted by atomic mass is 9.47. The number of hydrogen-bond acceptors (Lipinski definition) is 21. The number of esters is 3. The van der Waals surface area contributed by atoms with Crippen LogP contribution in [0.2, 0.25) is 0 Å². The summed E-state index contributed by atoms with van der Waals surface area (Å²) in [5.74, 6) is -8.39. The molecule has 1 aromatic heterocycles. The van der Waals surface area contributed by atoms with Crippen molar-refractivity contribution in [3.05, 3.63) is 159 Å². The van der Waals surface area contributed by atoms with Gasteiger partial charge in [-0.25, -0.2) is 24.0 Å². The van der Waals surface area contributed by atoms with E-state index in [1.165, 1.54) is 26.7 Å². The van der Waals surface area contributed by atoms with E-state index in [-0.39, 0.29) is 28.5 Å². The van der Waals surface area contributed by atoms with Gasteiger partial charge in [-0.2, -0.15) is 0 Å². The van der Waals surface area contributed by atoms with E-state index in [1.54, 1.807) is 13.2 Å². The first-order valence-corrected chi connectivity index (χ1v) is 31.6. The third-order valence-corrected chi connectivity index (χ3v) is 20.3. The number of aromatic amines is 1. The quantitative estimate of drug-likeness (QED) is 0.0159. The van der Waals surface area contributed by atoms with E-state index in [1.807, 2.05) is 91.7 Å². The van der Waals surface area contributed by atoms with Crippen molar-refractivity contribution in [2.75, 3.05) is 59.5 Å². The Morgan fingerprint density at radius 1 is 0.704 bits per heavy atom. The number of H-pyrrole nitrogens is 1. The minimum absolute atomic E-state index is 0.0284. The van der Waals surface area contributed by atoms with Crippen LogP contribution in [0.1, 0.15) is 68.8 Å². The minimum atomic E-state index is -2.27. The molecule has 2 fully saturated rings. The number of carbonyl (C=O) groups is 7. The lowest BCUT2D eigenvalue weighted by molar-refractivity contribution is -0.382. The number of carbonyl (C=O) groups excluding carboxylic acids is 3. The van der Waals surface area contributed by atoms with Crippen LogP contribution in [0.4, 0.5) is 11.4 Å². The highest BCUT2D eigenvalue weighted by atomic mass is 16.6. The maximum atomic E-state index is 15.2. The van der Waals surface area contributed by atoms with E-state index in [9.17, 15) is 44.0 Å². The molecule has 0 amide bonds. The molecule has 1 saturated heterocycles. The first-order chi connectivity index (χ1) is 46.6. The first kappa shape index (κ1) is 70.9. The van der Waals surface area contributed by atoms with Gasteiger partial charge in [0.25, 0.3) is 5.69 Å². The van der Waals surface area contributed by atoms with Gasteiger partial charge in [-0.1, -0.05) is 110 Å². The van der Waals surface area contributed by atoms with Crippen molar-refractivity contribution in [1.82, 2.24) is 14.8 Å². The van der Waals surface area contributed by atoms with Crippen molar-refractivity contribution in [3.63, 3.8) is 0 Å². The Balaban J connectivity index is 0.000000204. The zero-order valence-corrected chi connectivity index (χ0v) is 54.7. The fourth-order valence-electron chi connectivity index (χ4n) is 16.4. The van der Waals surface area contributed by atoms with Crippen LogP contribution in [0.3, 0.4) is 0 Å². The standard InChI is InChI=1S/C45H54N4O8.C18H11NO2.2C4H6O6/c1-8-27-19-28-22-44(40(51)55-6,36-30(25-48(23-27)24-28)29-13-10-11-14-33(29)46-36)32-20-31-34(21-35(32)54-5)47(4)38-43(31)16-18-49-17-12-15-42(9-2,37(43)49)39(57-26(3)50)45(38,53)41(52)56-7;20-19(21)18-11-17-13-6-2-1-5-12(13)9-10-15(17)14-7-3-4-8-16(14)18;2*5-1(3(7)8)2(6)4(9)10/h10-15,19-21,28,37-39,46,53H,8-9,16-18,22-25H2,1-7H3;1-11H;2*1-2,5-6H,(H,7,8)(H,9,10)/t28-,37-,38+,39+,42+,43+,44-,45-;;;/m0.../s1. The largest absolute Gasteiger partial charge is 0.496 e. The zero-order valence-electron chi connectivity index (χ0n) is 54.7. The number of carboxylic acids is 4. The summed E-state index contributed by atoms with van der Waals surface area (Å²) in [5.41, 5.74) is 1.21. The van der Waals surface area contributed by atoms with Crippen molar-refractivity contribution in [1.29, 1.82) is 0 Å². The van der Waals surface area contributed by atoms with Gasteiger partial charge >= 0.3 is 41.8 Å². The number of methoxy groups -OCH3 is 3. The van der Waals surface area contributed by atoms with Gasteiger partial charge in [0.1, 0.15) is 11.2 Å². The predicted octanol–water partition coefficient (Wildman–Crippen LogP) is 5.56. The summed E-state index contributed by atoms with van der Waals surface area (Å²) in [7, 11) is 6.22. The number of aliphatic carboxylic acids is 4. The number of ether oxygens (including phenoxy) is 4. The van der Waals surface area contributed by atoms with Crippen LogP contribution < -0.4 is 9.64 Å². The molecule has 1 aliphatic carbocycles. The number of nitro benzene ring substituents is 1. The molecule has 10 N–H and O–H groups in total. The second kappa shape index (κ2) is 27.6. The van der Waals surface area contributed by atoms with Crippen LogP contribution in [0.5, 0.6) is 5.75 Å². The number of non-ortho nitro benzene ring substituents is 1. The van der Waals surface area contributed by atoms with Gasteiger partial charge in [0.15, 0.2) is 30.5 Å². The average molecular weight is 1350 g/mol. The summed E-state index contributed by atoms with van der Waals surface area (Å²) in [6.07, 6.45) is -1.39. The van der Waals surface area contributed by atoms with Crippen LogP contribution in [0, 0.1) is 21.4 Å². The van der Waals surface area contributed by atoms with Crippen molar-refractivity contribution >= 4 is 96.4 Å². The first-order valence-electron chi connectivity index (χ1n) is 31.6. The fourth-order valence-corrected chi connectivity index (χ4v) is 16.4. The Bertz CT molecular complexity index is 4340. The van der Waals surface area contributed by atoms with Gasteiger partial charge in [0, 0.05) is 97.0 Å². The molecule has 27 nitrogen and oxygen atoms in total. The molecule has 6 heterocycles. The summed E-state index contributed by atoms with van der Waals surface area (Å²) in [6.45, 7) is 9.19. The van der Waals surface area contributed by atoms with Crippen LogP contribution in [-0.4, -0.2) is 210 Å². The second-order valence-corrected chi connectivity index (χ2v) is 25.4. The number of rotatable bonds is 14. The Kier molecular flexibility index (Phi) is 19.9. The minimum Gasteiger partial charge on any atom is -0.496 e. The van der Waals surface area contributed by atoms with Crippen molar-refractivity contribution in [2.45, 2.75) is 112 Å². The highest BCUT2D eigenvalue weighted by Gasteiger charge is 2.80. The molecule has 2 bridgehead atoms. The van der Waals surface area contributed by atoms with Gasteiger partial charge in [-0.15, -0.1) is 0 Å². The highest BCUT2D eigenvalue weighted by Crippen LogP contribution is 2.68. The summed E-state index contributed by atoms with van der Waals surface area (Å²) < 4.78 is 23.9. The fraction of sp³-hybridized carbons (Fsp3) is 0.394. The summed E-state index contributed by atoms with van der Waals surface area (Å²) in [6, 6.07) is 32.4. The highest BCUT2D eigenvalue weighted by molar-refractivity contribution is 6.19. The van der Waals surface area contributed by atoms with Crippen molar-refractivity contribution in [3.8, 4) is 5.75 Å². The van der Waals surface area contributed by atoms with E-state index in [0.29, 0.717) is 55.6 Å². The van der Waals surface area contributed by atoms with Gasteiger partial charge in [0.05, 0.1) is 37.7 Å². The van der Waals surface area contributed by atoms with E-state index in [4.69, 9.17) is 59.8 Å². The van der Waals surface area contributed by atoms with E-state index in [2.05, 4.69) is 64.2 Å². The molecule has 518 valence electrons. The molecule has 98 heavy (non-hydrogen) atoms. The smallest absolute Gasteiger partial charge is 0.344 e. The van der Waals surface area contributed by atoms with Gasteiger partial charge in [-0.3, -0.25) is 29.5 Å². The SMILES string of the molecule is CCC1=C[C@@H]2C[N@](C1)Cc1c([nH]c3ccccc13)[C@@](C(=O)OC)(c1cc3c(cc1OC)N(C)[C@H]1[C@@](O)(C(=O)OC)[C@H](OC(C)=O)[C@]4(CC)C=CCN5CC[C@]31[C@@H]54)C2.O=C(O)C(O)C(O)C(=O)O.O=C(O)C(O)C(O)C(=O)O.O=[N+]([O-])c1cc2c3ccccc3ccc2c2ccccc12. The number of aliphatic hydroxyl groups excluding tert-OH is 4. The summed E-state index contributed by atoms with van der Waals surface area (Å²) in [5, 5.41) is 96.5. The third kappa shape index (κ3) is 11.7. The zero-order chi connectivity index (χ0) is 71.2. The molecule has 27 heteroatoms. The van der Waals surface area contributed by atoms with Gasteiger partial charge < -0.3 is 74.8 Å². The molecular formula is C71H77N5O22. The van der Waals surface area contributed by atoms with Crippen molar-refractivity contribution in [2.24, 2.45) is 11.3 Å². The van der Waals surface area contributed by atoms with Crippen LogP contribution in [0.25, 0.3) is 43.2 Å². The van der Waals surface area contributed by atoms with Gasteiger partial charge in [0.2, 0.25) is 5.60 Å². The number of nitrogens with zero attached hydrogens (tertiary/aromatic N) is 4. The molecule has 6 aliphatic rings. The molecule has 1 saturated carbocycles. The number of benzene rings is 6. The number of nitrogens with one attached hydrogen (secondary N) is 1. The van der Waals surface area contributed by atoms with Crippen molar-refractivity contribution < 1.29 is 103 Å².